The summed E-state index contributed by atoms with van der Waals surface area (Å²) >= 11 is 0. The first-order valence-corrected chi connectivity index (χ1v) is 12.6. The topological polar surface area (TPSA) is 87.6 Å². The van der Waals surface area contributed by atoms with Crippen LogP contribution in [0.15, 0.2) is 54.6 Å². The van der Waals surface area contributed by atoms with E-state index in [0.29, 0.717) is 28.3 Å². The summed E-state index contributed by atoms with van der Waals surface area (Å²) in [6.07, 6.45) is 0.171. The Kier molecular flexibility index (Phi) is 8.29. The van der Waals surface area contributed by atoms with E-state index in [1.54, 1.807) is 35.1 Å². The second-order valence-corrected chi connectivity index (χ2v) is 9.78. The first kappa shape index (κ1) is 28.8. The lowest BCUT2D eigenvalue weighted by molar-refractivity contribution is -0.127. The number of hydrogen-bond donors (Lipinski definition) is 2. The van der Waals surface area contributed by atoms with Crippen molar-refractivity contribution in [1.29, 1.82) is 0 Å². The zero-order valence-electron chi connectivity index (χ0n) is 22.9. The summed E-state index contributed by atoms with van der Waals surface area (Å²) in [6.45, 7) is 1.87. The monoisotopic (exact) mass is 552 g/mol. The van der Waals surface area contributed by atoms with Crippen LogP contribution in [0.25, 0.3) is 22.0 Å². The molecule has 0 aliphatic rings. The number of carbonyl (C=O) groups excluding carboxylic acids is 1. The average Bonchev–Trinajstić information content (AvgIpc) is 2.92. The number of aromatic nitrogens is 2. The Bertz CT molecular complexity index is 1560. The van der Waals surface area contributed by atoms with Crippen molar-refractivity contribution in [3.63, 3.8) is 0 Å². The molecule has 1 atom stereocenters. The molecule has 0 aliphatic carbocycles. The summed E-state index contributed by atoms with van der Waals surface area (Å²) < 4.78 is 48.8. The van der Waals surface area contributed by atoms with Crippen molar-refractivity contribution >= 4 is 22.6 Å². The van der Waals surface area contributed by atoms with E-state index in [1.807, 2.05) is 36.4 Å². The number of aliphatic hydroxyl groups excluding tert-OH is 1. The Morgan fingerprint density at radius 2 is 1.80 bits per heavy atom. The first-order chi connectivity index (χ1) is 18.9. The van der Waals surface area contributed by atoms with Gasteiger partial charge in [-0.2, -0.15) is 8.78 Å². The molecule has 0 saturated heterocycles. The minimum absolute atomic E-state index is 0.0107. The van der Waals surface area contributed by atoms with Gasteiger partial charge in [0.25, 0.3) is 5.92 Å². The summed E-state index contributed by atoms with van der Waals surface area (Å²) in [5.41, 5.74) is 2.19. The molecule has 210 valence electrons. The van der Waals surface area contributed by atoms with E-state index in [4.69, 9.17) is 9.84 Å². The van der Waals surface area contributed by atoms with Crippen molar-refractivity contribution in [1.82, 2.24) is 14.9 Å². The largest absolute Gasteiger partial charge is 0.496 e. The van der Waals surface area contributed by atoms with Gasteiger partial charge in [0.1, 0.15) is 29.8 Å². The van der Waals surface area contributed by atoms with E-state index < -0.39 is 30.0 Å². The highest BCUT2D eigenvalue weighted by Gasteiger charge is 2.35. The third kappa shape index (κ3) is 5.86. The number of carbonyl (C=O) groups is 1. The lowest BCUT2D eigenvalue weighted by atomic mass is 9.98. The Morgan fingerprint density at radius 1 is 1.10 bits per heavy atom. The number of benzene rings is 3. The van der Waals surface area contributed by atoms with Gasteiger partial charge in [0.05, 0.1) is 30.7 Å². The fourth-order valence-corrected chi connectivity index (χ4v) is 4.49. The van der Waals surface area contributed by atoms with E-state index in [1.165, 1.54) is 17.0 Å². The van der Waals surface area contributed by atoms with Crippen LogP contribution in [0.1, 0.15) is 35.5 Å². The SMILES string of the molecule is COc1ccc(-c2ccc3nc(C)nc(N[C@H](C)c4cccc(C(F)(F)CO)c4F)c3c2)cc1CC(=O)N(C)C. The van der Waals surface area contributed by atoms with Crippen LogP contribution in [0.5, 0.6) is 5.75 Å². The predicted molar refractivity (Wildman–Crippen MR) is 148 cm³/mol. The maximum Gasteiger partial charge on any atom is 0.298 e. The zero-order valence-corrected chi connectivity index (χ0v) is 22.9. The molecule has 3 aromatic carbocycles. The quantitative estimate of drug-likeness (QED) is 0.280. The molecule has 1 amide bonds. The summed E-state index contributed by atoms with van der Waals surface area (Å²) in [5.74, 6) is -3.37. The lowest BCUT2D eigenvalue weighted by Crippen LogP contribution is -2.23. The summed E-state index contributed by atoms with van der Waals surface area (Å²) in [5, 5.41) is 12.8. The third-order valence-corrected chi connectivity index (χ3v) is 6.70. The first-order valence-electron chi connectivity index (χ1n) is 12.6. The van der Waals surface area contributed by atoms with Gasteiger partial charge in [-0.25, -0.2) is 14.4 Å². The van der Waals surface area contributed by atoms with Crippen LogP contribution < -0.4 is 10.1 Å². The van der Waals surface area contributed by atoms with Crippen LogP contribution in [-0.2, 0) is 17.1 Å². The third-order valence-electron chi connectivity index (χ3n) is 6.70. The maximum absolute atomic E-state index is 15.1. The van der Waals surface area contributed by atoms with Gasteiger partial charge in [-0.05, 0) is 55.3 Å². The van der Waals surface area contributed by atoms with E-state index >= 15 is 4.39 Å². The van der Waals surface area contributed by atoms with Gasteiger partial charge in [0.15, 0.2) is 0 Å². The molecular weight excluding hydrogens is 521 g/mol. The molecule has 0 radical (unpaired) electrons. The summed E-state index contributed by atoms with van der Waals surface area (Å²) in [6, 6.07) is 14.2. The number of methoxy groups -OCH3 is 1. The minimum Gasteiger partial charge on any atom is -0.496 e. The molecule has 0 bridgehead atoms. The predicted octanol–water partition coefficient (Wildman–Crippen LogP) is 5.64. The number of hydrogen-bond acceptors (Lipinski definition) is 6. The fourth-order valence-electron chi connectivity index (χ4n) is 4.49. The molecule has 0 unspecified atom stereocenters. The van der Waals surface area contributed by atoms with Crippen molar-refractivity contribution in [2.24, 2.45) is 0 Å². The highest BCUT2D eigenvalue weighted by molar-refractivity contribution is 5.93. The van der Waals surface area contributed by atoms with Gasteiger partial charge < -0.3 is 20.1 Å². The normalized spacial score (nSPS) is 12.3. The molecule has 40 heavy (non-hydrogen) atoms. The fraction of sp³-hybridized carbons (Fsp3) is 0.300. The van der Waals surface area contributed by atoms with Crippen LogP contribution in [0.4, 0.5) is 19.0 Å². The zero-order chi connectivity index (χ0) is 29.2. The molecule has 0 fully saturated rings. The van der Waals surface area contributed by atoms with Gasteiger partial charge in [0.2, 0.25) is 5.91 Å². The number of nitrogens with one attached hydrogen (secondary N) is 1. The van der Waals surface area contributed by atoms with Crippen LogP contribution in [-0.4, -0.2) is 53.7 Å². The number of nitrogens with zero attached hydrogens (tertiary/aromatic N) is 3. The number of anilines is 1. The number of halogens is 3. The molecule has 2 N–H and O–H groups in total. The van der Waals surface area contributed by atoms with Crippen molar-refractivity contribution in [3.05, 3.63) is 82.9 Å². The molecule has 0 spiro atoms. The number of rotatable bonds is 9. The van der Waals surface area contributed by atoms with Crippen LogP contribution >= 0.6 is 0 Å². The number of aliphatic hydroxyl groups is 1. The average molecular weight is 553 g/mol. The number of alkyl halides is 2. The standard InChI is InChI=1S/C30H31F3N4O3/c1-17(22-7-6-8-24(28(22)31)30(32,33)16-38)34-29-23-14-20(9-11-25(23)35-18(2)36-29)19-10-12-26(40-5)21(13-19)15-27(39)37(3)4/h6-14,17,38H,15-16H2,1-5H3,(H,34,35,36)/t17-/m1/s1. The second-order valence-electron chi connectivity index (χ2n) is 9.78. The van der Waals surface area contributed by atoms with Gasteiger partial charge in [-0.1, -0.05) is 24.3 Å². The van der Waals surface area contributed by atoms with Crippen LogP contribution in [0.2, 0.25) is 0 Å². The van der Waals surface area contributed by atoms with Crippen molar-refractivity contribution in [2.45, 2.75) is 32.2 Å². The van der Waals surface area contributed by atoms with Crippen molar-refractivity contribution in [3.8, 4) is 16.9 Å². The van der Waals surface area contributed by atoms with Crippen molar-refractivity contribution in [2.75, 3.05) is 33.1 Å². The van der Waals surface area contributed by atoms with E-state index in [9.17, 15) is 13.6 Å². The lowest BCUT2D eigenvalue weighted by Gasteiger charge is -2.21. The molecule has 10 heteroatoms. The minimum atomic E-state index is -3.71. The van der Waals surface area contributed by atoms with Crippen LogP contribution in [0, 0.1) is 12.7 Å². The second kappa shape index (κ2) is 11.5. The Morgan fingerprint density at radius 3 is 2.48 bits per heavy atom. The molecule has 0 saturated carbocycles. The number of amides is 1. The van der Waals surface area contributed by atoms with Gasteiger partial charge in [-0.3, -0.25) is 4.79 Å². The number of aryl methyl sites for hydroxylation is 1. The van der Waals surface area contributed by atoms with E-state index in [0.717, 1.165) is 22.8 Å². The number of fused-ring (bicyclic) bond motifs is 1. The van der Waals surface area contributed by atoms with Gasteiger partial charge in [-0.15, -0.1) is 0 Å². The van der Waals surface area contributed by atoms with Crippen molar-refractivity contribution < 1.29 is 27.8 Å². The molecular formula is C30H31F3N4O3. The maximum atomic E-state index is 15.1. The van der Waals surface area contributed by atoms with E-state index in [-0.39, 0.29) is 17.9 Å². The Hall–Kier alpha value is -4.18. The highest BCUT2D eigenvalue weighted by atomic mass is 19.3. The summed E-state index contributed by atoms with van der Waals surface area (Å²) in [4.78, 5) is 22.9. The molecule has 0 aliphatic heterocycles. The van der Waals surface area contributed by atoms with Crippen LogP contribution in [0.3, 0.4) is 0 Å². The molecule has 4 aromatic rings. The molecule has 1 heterocycles. The van der Waals surface area contributed by atoms with Gasteiger partial charge in [0, 0.05) is 30.6 Å². The number of ether oxygens (including phenoxy) is 1. The Balaban J connectivity index is 1.74. The smallest absolute Gasteiger partial charge is 0.298 e. The molecule has 1 aromatic heterocycles. The molecule has 4 rings (SSSR count). The highest BCUT2D eigenvalue weighted by Crippen LogP contribution is 2.35. The Labute approximate surface area is 230 Å². The van der Waals surface area contributed by atoms with E-state index in [2.05, 4.69) is 15.3 Å². The van der Waals surface area contributed by atoms with Gasteiger partial charge >= 0.3 is 0 Å². The number of likely N-dealkylation sites (N-methyl/N-ethyl adjacent to an activating group) is 1. The molecule has 7 nitrogen and oxygen atoms in total. The summed E-state index contributed by atoms with van der Waals surface area (Å²) in [7, 11) is 4.94.